The summed E-state index contributed by atoms with van der Waals surface area (Å²) in [5.41, 5.74) is 8.26. The monoisotopic (exact) mass is 191 g/mol. The third-order valence-electron chi connectivity index (χ3n) is 2.15. The average Bonchev–Trinajstić information content (AvgIpc) is 2.15. The molecule has 14 heavy (non-hydrogen) atoms. The summed E-state index contributed by atoms with van der Waals surface area (Å²) in [6.45, 7) is 3.59. The van der Waals surface area contributed by atoms with E-state index in [4.69, 9.17) is 5.73 Å². The number of benzene rings is 1. The highest BCUT2D eigenvalue weighted by Crippen LogP contribution is 2.16. The van der Waals surface area contributed by atoms with Crippen LogP contribution in [0.5, 0.6) is 0 Å². The van der Waals surface area contributed by atoms with Gasteiger partial charge in [-0.1, -0.05) is 0 Å². The largest absolute Gasteiger partial charge is 0.326 e. The summed E-state index contributed by atoms with van der Waals surface area (Å²) in [4.78, 5) is 21.9. The first kappa shape index (κ1) is 10.6. The summed E-state index contributed by atoms with van der Waals surface area (Å²) >= 11 is 0. The van der Waals surface area contributed by atoms with E-state index in [1.54, 1.807) is 12.1 Å². The Morgan fingerprint density at radius 3 is 2.57 bits per heavy atom. The van der Waals surface area contributed by atoms with Crippen LogP contribution in [0.1, 0.15) is 38.8 Å². The molecule has 1 aromatic carbocycles. The zero-order chi connectivity index (χ0) is 10.7. The topological polar surface area (TPSA) is 60.2 Å². The molecule has 74 valence electrons. The Morgan fingerprint density at radius 1 is 1.50 bits per heavy atom. The number of ketones is 1. The first-order valence-corrected chi connectivity index (χ1v) is 4.40. The van der Waals surface area contributed by atoms with Crippen molar-refractivity contribution in [1.29, 1.82) is 0 Å². The van der Waals surface area contributed by atoms with Gasteiger partial charge in [0.25, 0.3) is 0 Å². The number of carbonyl (C=O) groups excluding carboxylic acids is 2. The van der Waals surface area contributed by atoms with E-state index < -0.39 is 0 Å². The molecule has 3 nitrogen and oxygen atoms in total. The van der Waals surface area contributed by atoms with Crippen LogP contribution in [0.3, 0.4) is 0 Å². The fourth-order valence-electron chi connectivity index (χ4n) is 1.62. The highest BCUT2D eigenvalue weighted by Gasteiger charge is 2.10. The molecule has 0 saturated carbocycles. The van der Waals surface area contributed by atoms with Gasteiger partial charge in [-0.3, -0.25) is 9.59 Å². The fraction of sp³-hybridized carbons (Fsp3) is 0.273. The molecule has 0 saturated heterocycles. The molecule has 0 aliphatic rings. The van der Waals surface area contributed by atoms with E-state index in [0.29, 0.717) is 11.1 Å². The molecule has 0 atom stereocenters. The number of nitrogens with two attached hydrogens (primary N) is 1. The van der Waals surface area contributed by atoms with Crippen molar-refractivity contribution in [2.45, 2.75) is 20.4 Å². The van der Waals surface area contributed by atoms with Crippen molar-refractivity contribution >= 4 is 12.1 Å². The van der Waals surface area contributed by atoms with Crippen LogP contribution in [-0.4, -0.2) is 12.1 Å². The molecule has 1 aromatic rings. The summed E-state index contributed by atoms with van der Waals surface area (Å²) in [7, 11) is 0. The maximum absolute atomic E-state index is 11.3. The van der Waals surface area contributed by atoms with Crippen LogP contribution < -0.4 is 5.73 Å². The van der Waals surface area contributed by atoms with Gasteiger partial charge in [0.15, 0.2) is 5.78 Å². The standard InChI is InChI=1S/C11H13NO2/c1-7-3-9(6-13)4-10(5-12)11(7)8(2)14/h3-4,6H,5,12H2,1-2H3. The van der Waals surface area contributed by atoms with E-state index in [1.165, 1.54) is 6.92 Å². The first-order valence-electron chi connectivity index (χ1n) is 4.40. The second-order valence-corrected chi connectivity index (χ2v) is 3.25. The number of carbonyl (C=O) groups is 2. The van der Waals surface area contributed by atoms with E-state index >= 15 is 0 Å². The van der Waals surface area contributed by atoms with Gasteiger partial charge >= 0.3 is 0 Å². The lowest BCUT2D eigenvalue weighted by atomic mass is 9.96. The van der Waals surface area contributed by atoms with Crippen molar-refractivity contribution < 1.29 is 9.59 Å². The molecule has 1 rings (SSSR count). The minimum Gasteiger partial charge on any atom is -0.326 e. The number of aldehydes is 1. The van der Waals surface area contributed by atoms with Crippen LogP contribution in [0, 0.1) is 6.92 Å². The van der Waals surface area contributed by atoms with Crippen molar-refractivity contribution in [3.05, 3.63) is 34.4 Å². The van der Waals surface area contributed by atoms with Crippen molar-refractivity contribution in [3.8, 4) is 0 Å². The number of rotatable bonds is 3. The van der Waals surface area contributed by atoms with Crippen molar-refractivity contribution in [2.24, 2.45) is 5.73 Å². The van der Waals surface area contributed by atoms with Gasteiger partial charge in [0.1, 0.15) is 6.29 Å². The molecule has 0 fully saturated rings. The smallest absolute Gasteiger partial charge is 0.160 e. The molecule has 0 aliphatic carbocycles. The molecule has 0 spiro atoms. The van der Waals surface area contributed by atoms with Crippen LogP contribution in [0.15, 0.2) is 12.1 Å². The molecular formula is C11H13NO2. The molecular weight excluding hydrogens is 178 g/mol. The van der Waals surface area contributed by atoms with Gasteiger partial charge in [-0.25, -0.2) is 0 Å². The Morgan fingerprint density at radius 2 is 2.14 bits per heavy atom. The van der Waals surface area contributed by atoms with Gasteiger partial charge in [-0.15, -0.1) is 0 Å². The quantitative estimate of drug-likeness (QED) is 0.581. The number of Topliss-reactive ketones (excluding diaryl/α,β-unsaturated/α-hetero) is 1. The maximum atomic E-state index is 11.3. The Hall–Kier alpha value is -1.48. The summed E-state index contributed by atoms with van der Waals surface area (Å²) in [6.07, 6.45) is 0.760. The Bertz CT molecular complexity index is 383. The normalized spacial score (nSPS) is 9.93. The lowest BCUT2D eigenvalue weighted by molar-refractivity contribution is 0.101. The van der Waals surface area contributed by atoms with E-state index in [-0.39, 0.29) is 12.3 Å². The molecule has 0 heterocycles. The Labute approximate surface area is 82.9 Å². The van der Waals surface area contributed by atoms with Crippen molar-refractivity contribution in [2.75, 3.05) is 0 Å². The minimum atomic E-state index is -0.0135. The predicted octanol–water partition coefficient (Wildman–Crippen LogP) is 1.47. The van der Waals surface area contributed by atoms with Crippen LogP contribution in [-0.2, 0) is 6.54 Å². The maximum Gasteiger partial charge on any atom is 0.160 e. The zero-order valence-corrected chi connectivity index (χ0v) is 8.33. The second-order valence-electron chi connectivity index (χ2n) is 3.25. The van der Waals surface area contributed by atoms with Gasteiger partial charge in [-0.05, 0) is 37.1 Å². The second kappa shape index (κ2) is 4.15. The molecule has 0 radical (unpaired) electrons. The lowest BCUT2D eigenvalue weighted by Crippen LogP contribution is -2.08. The highest BCUT2D eigenvalue weighted by atomic mass is 16.1. The zero-order valence-electron chi connectivity index (χ0n) is 8.33. The third-order valence-corrected chi connectivity index (χ3v) is 2.15. The summed E-state index contributed by atoms with van der Waals surface area (Å²) in [5.74, 6) is -0.0135. The number of hydrogen-bond acceptors (Lipinski definition) is 3. The predicted molar refractivity (Wildman–Crippen MR) is 54.5 cm³/mol. The van der Waals surface area contributed by atoms with E-state index in [0.717, 1.165) is 17.4 Å². The van der Waals surface area contributed by atoms with Crippen LogP contribution in [0.4, 0.5) is 0 Å². The van der Waals surface area contributed by atoms with E-state index in [2.05, 4.69) is 0 Å². The minimum absolute atomic E-state index is 0.0135. The molecule has 3 heteroatoms. The van der Waals surface area contributed by atoms with E-state index in [9.17, 15) is 9.59 Å². The summed E-state index contributed by atoms with van der Waals surface area (Å²) in [6, 6.07) is 3.36. The first-order chi connectivity index (χ1) is 6.60. The third kappa shape index (κ3) is 1.88. The lowest BCUT2D eigenvalue weighted by Gasteiger charge is -2.09. The van der Waals surface area contributed by atoms with Gasteiger partial charge in [-0.2, -0.15) is 0 Å². The highest BCUT2D eigenvalue weighted by molar-refractivity contribution is 5.97. The summed E-state index contributed by atoms with van der Waals surface area (Å²) in [5, 5.41) is 0. The van der Waals surface area contributed by atoms with Crippen LogP contribution in [0.25, 0.3) is 0 Å². The molecule has 0 bridgehead atoms. The van der Waals surface area contributed by atoms with Crippen LogP contribution in [0.2, 0.25) is 0 Å². The Balaban J connectivity index is 3.42. The average molecular weight is 191 g/mol. The van der Waals surface area contributed by atoms with Crippen molar-refractivity contribution in [1.82, 2.24) is 0 Å². The molecule has 0 unspecified atom stereocenters. The SMILES string of the molecule is CC(=O)c1c(C)cc(C=O)cc1CN. The van der Waals surface area contributed by atoms with Gasteiger partial charge in [0, 0.05) is 17.7 Å². The molecule has 0 aliphatic heterocycles. The van der Waals surface area contributed by atoms with Gasteiger partial charge in [0.2, 0.25) is 0 Å². The molecule has 0 aromatic heterocycles. The Kier molecular flexibility index (Phi) is 3.14. The number of aryl methyl sites for hydroxylation is 1. The molecule has 2 N–H and O–H groups in total. The van der Waals surface area contributed by atoms with E-state index in [1.807, 2.05) is 6.92 Å². The fourth-order valence-corrected chi connectivity index (χ4v) is 1.62. The van der Waals surface area contributed by atoms with Crippen LogP contribution >= 0.6 is 0 Å². The molecule has 0 amide bonds. The van der Waals surface area contributed by atoms with Crippen molar-refractivity contribution in [3.63, 3.8) is 0 Å². The summed E-state index contributed by atoms with van der Waals surface area (Å²) < 4.78 is 0. The number of hydrogen-bond donors (Lipinski definition) is 1. The van der Waals surface area contributed by atoms with Gasteiger partial charge in [0.05, 0.1) is 0 Å². The van der Waals surface area contributed by atoms with Gasteiger partial charge < -0.3 is 5.73 Å².